The minimum atomic E-state index is 0.345. The summed E-state index contributed by atoms with van der Waals surface area (Å²) in [5, 5.41) is 0. The van der Waals surface area contributed by atoms with Gasteiger partial charge in [-0.05, 0) is 26.7 Å². The second-order valence-corrected chi connectivity index (χ2v) is 3.57. The fourth-order valence-electron chi connectivity index (χ4n) is 1.68. The number of allylic oxidation sites excluding steroid dienone is 1. The van der Waals surface area contributed by atoms with Crippen molar-refractivity contribution in [2.45, 2.75) is 51.2 Å². The van der Waals surface area contributed by atoms with E-state index in [9.17, 15) is 0 Å². The van der Waals surface area contributed by atoms with Gasteiger partial charge in [0, 0.05) is 0 Å². The molecule has 0 bridgehead atoms. The van der Waals surface area contributed by atoms with Gasteiger partial charge >= 0.3 is 0 Å². The van der Waals surface area contributed by atoms with Gasteiger partial charge in [-0.1, -0.05) is 18.9 Å². The minimum Gasteiger partial charge on any atom is -0.366 e. The molecule has 0 aromatic heterocycles. The predicted molar refractivity (Wildman–Crippen MR) is 47.6 cm³/mol. The van der Waals surface area contributed by atoms with E-state index in [-0.39, 0.29) is 0 Å². The molecule has 0 N–H and O–H groups in total. The van der Waals surface area contributed by atoms with Crippen molar-refractivity contribution in [1.29, 1.82) is 0 Å². The molecule has 2 rings (SSSR count). The molecule has 1 saturated heterocycles. The third kappa shape index (κ3) is 2.06. The Bertz CT molecular complexity index is 140. The lowest BCUT2D eigenvalue weighted by molar-refractivity contribution is 0.304. The first-order valence-electron chi connectivity index (χ1n) is 4.48. The molecule has 0 aromatic carbocycles. The molecule has 1 aliphatic carbocycles. The third-order valence-electron chi connectivity index (χ3n) is 2.42. The van der Waals surface area contributed by atoms with Crippen molar-refractivity contribution in [2.75, 3.05) is 0 Å². The van der Waals surface area contributed by atoms with Crippen LogP contribution in [0.5, 0.6) is 0 Å². The average Bonchev–Trinajstić information content (AvgIpc) is 2.61. The molecule has 2 atom stereocenters. The maximum absolute atomic E-state index is 5.47. The van der Waals surface area contributed by atoms with Crippen LogP contribution in [0.1, 0.15) is 39.5 Å². The van der Waals surface area contributed by atoms with Gasteiger partial charge in [0.25, 0.3) is 0 Å². The molecule has 1 nitrogen and oxygen atoms in total. The molecule has 1 heteroatoms. The quantitative estimate of drug-likeness (QED) is 0.386. The molecule has 0 spiro atoms. The topological polar surface area (TPSA) is 12.5 Å². The van der Waals surface area contributed by atoms with E-state index in [2.05, 4.69) is 13.5 Å². The van der Waals surface area contributed by atoms with Gasteiger partial charge in [-0.15, -0.1) is 6.58 Å². The van der Waals surface area contributed by atoms with Crippen molar-refractivity contribution in [3.05, 3.63) is 12.7 Å². The van der Waals surface area contributed by atoms with Gasteiger partial charge in [0.1, 0.15) is 0 Å². The summed E-state index contributed by atoms with van der Waals surface area (Å²) in [5.41, 5.74) is 0.345. The van der Waals surface area contributed by atoms with Gasteiger partial charge in [-0.3, -0.25) is 0 Å². The van der Waals surface area contributed by atoms with E-state index in [1.165, 1.54) is 25.7 Å². The normalized spacial score (nSPS) is 39.6. The number of epoxide rings is 1. The van der Waals surface area contributed by atoms with E-state index in [4.69, 9.17) is 4.74 Å². The third-order valence-corrected chi connectivity index (χ3v) is 2.42. The van der Waals surface area contributed by atoms with Crippen molar-refractivity contribution in [3.8, 4) is 0 Å². The van der Waals surface area contributed by atoms with Gasteiger partial charge in [-0.25, -0.2) is 0 Å². The molecule has 0 aromatic rings. The molecular weight excluding hydrogens is 136 g/mol. The first-order valence-corrected chi connectivity index (χ1v) is 4.48. The lowest BCUT2D eigenvalue weighted by atomic mass is 9.91. The van der Waals surface area contributed by atoms with Gasteiger partial charge in [0.15, 0.2) is 0 Å². The lowest BCUT2D eigenvalue weighted by Crippen LogP contribution is -2.13. The first kappa shape index (κ1) is 8.79. The molecule has 1 aliphatic heterocycles. The molecule has 1 unspecified atom stereocenters. The second-order valence-electron chi connectivity index (χ2n) is 3.57. The van der Waals surface area contributed by atoms with E-state index < -0.39 is 0 Å². The largest absolute Gasteiger partial charge is 0.366 e. The zero-order chi connectivity index (χ0) is 8.32. The van der Waals surface area contributed by atoms with Crippen LogP contribution in [-0.2, 0) is 4.74 Å². The highest BCUT2D eigenvalue weighted by Gasteiger charge is 2.52. The van der Waals surface area contributed by atoms with E-state index in [1.807, 2.05) is 6.92 Å². The maximum atomic E-state index is 5.47. The fourth-order valence-corrected chi connectivity index (χ4v) is 1.68. The number of rotatable bonds is 0. The van der Waals surface area contributed by atoms with E-state index in [1.54, 1.807) is 6.08 Å². The molecule has 0 amide bonds. The Morgan fingerprint density at radius 1 is 1.55 bits per heavy atom. The Kier molecular flexibility index (Phi) is 2.72. The molecule has 2 fully saturated rings. The van der Waals surface area contributed by atoms with Crippen LogP contribution in [0.3, 0.4) is 0 Å². The van der Waals surface area contributed by atoms with Crippen molar-refractivity contribution >= 4 is 0 Å². The molecule has 0 radical (unpaired) electrons. The number of ether oxygens (including phenoxy) is 1. The average molecular weight is 154 g/mol. The van der Waals surface area contributed by atoms with E-state index in [0.29, 0.717) is 11.7 Å². The molecule has 64 valence electrons. The van der Waals surface area contributed by atoms with E-state index >= 15 is 0 Å². The smallest absolute Gasteiger partial charge is 0.0920 e. The zero-order valence-corrected chi connectivity index (χ0v) is 7.60. The van der Waals surface area contributed by atoms with E-state index in [0.717, 1.165) is 0 Å². The van der Waals surface area contributed by atoms with Gasteiger partial charge in [0.05, 0.1) is 11.7 Å². The zero-order valence-electron chi connectivity index (χ0n) is 7.60. The van der Waals surface area contributed by atoms with Crippen LogP contribution in [0, 0.1) is 0 Å². The summed E-state index contributed by atoms with van der Waals surface area (Å²) in [7, 11) is 0. The summed E-state index contributed by atoms with van der Waals surface area (Å²) in [6, 6.07) is 0. The molecular formula is C10H18O. The van der Waals surface area contributed by atoms with Crippen molar-refractivity contribution in [1.82, 2.24) is 0 Å². The number of hydrogen-bond acceptors (Lipinski definition) is 1. The van der Waals surface area contributed by atoms with Gasteiger partial charge in [0.2, 0.25) is 0 Å². The molecule has 1 saturated carbocycles. The number of hydrogen-bond donors (Lipinski definition) is 0. The highest BCUT2D eigenvalue weighted by Crippen LogP contribution is 2.46. The number of fused-ring (bicyclic) bond motifs is 1. The standard InChI is InChI=1S/C7H12O.C3H6/c1-7-5-3-2-4-6(7)8-7;1-3-2/h6H,2-5H2,1H3;3H,1H2,2H3/t6?,7-;/m0./s1. The Balaban J connectivity index is 0.000000179. The summed E-state index contributed by atoms with van der Waals surface area (Å²) in [5.74, 6) is 0. The Morgan fingerprint density at radius 3 is 2.55 bits per heavy atom. The summed E-state index contributed by atoms with van der Waals surface area (Å²) >= 11 is 0. The fraction of sp³-hybridized carbons (Fsp3) is 0.800. The van der Waals surface area contributed by atoms with Gasteiger partial charge in [-0.2, -0.15) is 0 Å². The van der Waals surface area contributed by atoms with Crippen LogP contribution in [0.4, 0.5) is 0 Å². The molecule has 1 heterocycles. The summed E-state index contributed by atoms with van der Waals surface area (Å²) < 4.78 is 5.47. The van der Waals surface area contributed by atoms with Crippen LogP contribution in [-0.4, -0.2) is 11.7 Å². The molecule has 2 aliphatic rings. The summed E-state index contributed by atoms with van der Waals surface area (Å²) in [6.07, 6.45) is 7.79. The highest BCUT2D eigenvalue weighted by molar-refractivity contribution is 5.01. The second kappa shape index (κ2) is 3.40. The SMILES string of the molecule is C=CC.C[C@]12CCCCC1O2. The van der Waals surface area contributed by atoms with Crippen LogP contribution >= 0.6 is 0 Å². The van der Waals surface area contributed by atoms with Crippen molar-refractivity contribution in [2.24, 2.45) is 0 Å². The highest BCUT2D eigenvalue weighted by atomic mass is 16.6. The Hall–Kier alpha value is -0.300. The minimum absolute atomic E-state index is 0.345. The Labute approximate surface area is 69.4 Å². The summed E-state index contributed by atoms with van der Waals surface area (Å²) in [4.78, 5) is 0. The van der Waals surface area contributed by atoms with Gasteiger partial charge < -0.3 is 4.74 Å². The van der Waals surface area contributed by atoms with Crippen LogP contribution in [0.25, 0.3) is 0 Å². The molecule has 11 heavy (non-hydrogen) atoms. The monoisotopic (exact) mass is 154 g/mol. The predicted octanol–water partition coefficient (Wildman–Crippen LogP) is 2.91. The summed E-state index contributed by atoms with van der Waals surface area (Å²) in [6.45, 7) is 7.48. The van der Waals surface area contributed by atoms with Crippen molar-refractivity contribution < 1.29 is 4.74 Å². The Morgan fingerprint density at radius 2 is 2.18 bits per heavy atom. The lowest BCUT2D eigenvalue weighted by Gasteiger charge is -2.09. The van der Waals surface area contributed by atoms with Crippen LogP contribution in [0.2, 0.25) is 0 Å². The van der Waals surface area contributed by atoms with Crippen molar-refractivity contribution in [3.63, 3.8) is 0 Å². The first-order chi connectivity index (χ1) is 5.23. The maximum Gasteiger partial charge on any atom is 0.0920 e. The van der Waals surface area contributed by atoms with Crippen LogP contribution < -0.4 is 0 Å². The van der Waals surface area contributed by atoms with Crippen LogP contribution in [0.15, 0.2) is 12.7 Å².